The van der Waals surface area contributed by atoms with Gasteiger partial charge < -0.3 is 19.1 Å². The van der Waals surface area contributed by atoms with Gasteiger partial charge in [0.1, 0.15) is 11.6 Å². The number of hydrogen-bond acceptors (Lipinski definition) is 9. The van der Waals surface area contributed by atoms with E-state index >= 15 is 8.78 Å². The van der Waals surface area contributed by atoms with Crippen LogP contribution in [0.5, 0.6) is 5.88 Å². The molecule has 14 nitrogen and oxygen atoms in total. The molecular weight excluding hydrogens is 785 g/mol. The minimum Gasteiger partial charge on any atom is -0.477 e. The van der Waals surface area contributed by atoms with Crippen LogP contribution < -0.4 is 15.4 Å². The molecule has 0 radical (unpaired) electrons. The summed E-state index contributed by atoms with van der Waals surface area (Å²) in [4.78, 5) is 65.2. The van der Waals surface area contributed by atoms with E-state index in [0.717, 1.165) is 44.3 Å². The number of anilines is 1. The molecular formula is C45H51F2N9O5. The number of rotatable bonds is 7. The van der Waals surface area contributed by atoms with Crippen molar-refractivity contribution in [2.24, 2.45) is 18.9 Å². The molecule has 3 aliphatic heterocycles. The summed E-state index contributed by atoms with van der Waals surface area (Å²) in [5.74, 6) is -2.79. The lowest BCUT2D eigenvalue weighted by Crippen LogP contribution is -2.42. The van der Waals surface area contributed by atoms with Gasteiger partial charge >= 0.3 is 0 Å². The number of likely N-dealkylation sites (tertiary alicyclic amines) is 1. The minimum absolute atomic E-state index is 0.0383. The lowest BCUT2D eigenvalue weighted by atomic mass is 9.89. The average molecular weight is 836 g/mol. The first-order valence-electron chi connectivity index (χ1n) is 21.1. The van der Waals surface area contributed by atoms with Crippen molar-refractivity contribution >= 4 is 40.6 Å². The SMILES string of the molecule is Cc1cc2cc(n1)-c1cnn(C)c1OCCC[C@@H](C)Cn1c(nc3ccc(C(=O)N(C)C[C@@H]4CCCN(CCc5cc(F)c([C@H]6CCC(=O)NC6=O)c(F)c5)C4)cc31)NC2=O. The highest BCUT2D eigenvalue weighted by Crippen LogP contribution is 2.33. The smallest absolute Gasteiger partial charge is 0.258 e. The first-order chi connectivity index (χ1) is 29.3. The van der Waals surface area contributed by atoms with E-state index in [9.17, 15) is 19.2 Å². The molecule has 0 unspecified atom stereocenters. The normalized spacial score (nSPS) is 20.2. The third kappa shape index (κ3) is 9.04. The van der Waals surface area contributed by atoms with Crippen molar-refractivity contribution in [2.75, 3.05) is 45.2 Å². The Bertz CT molecular complexity index is 2490. The second-order valence-electron chi connectivity index (χ2n) is 16.9. The molecule has 3 aromatic heterocycles. The van der Waals surface area contributed by atoms with Gasteiger partial charge in [-0.3, -0.25) is 34.8 Å². The number of carbonyl (C=O) groups is 4. The van der Waals surface area contributed by atoms with Crippen LogP contribution in [0.1, 0.15) is 88.9 Å². The Balaban J connectivity index is 0.947. The van der Waals surface area contributed by atoms with Gasteiger partial charge in [-0.05, 0) is 112 Å². The van der Waals surface area contributed by atoms with Gasteiger partial charge in [-0.15, -0.1) is 0 Å². The molecule has 2 aromatic carbocycles. The largest absolute Gasteiger partial charge is 0.477 e. The number of pyridine rings is 1. The third-order valence-corrected chi connectivity index (χ3v) is 12.1. The fourth-order valence-electron chi connectivity index (χ4n) is 8.99. The van der Waals surface area contributed by atoms with Crippen LogP contribution in [0.15, 0.2) is 48.7 Å². The number of nitrogens with one attached hydrogen (secondary N) is 2. The van der Waals surface area contributed by atoms with Crippen LogP contribution in [0.4, 0.5) is 14.7 Å². The number of benzene rings is 2. The van der Waals surface area contributed by atoms with Gasteiger partial charge in [-0.25, -0.2) is 18.4 Å². The number of imidazole rings is 1. The number of fused-ring (bicyclic) bond motifs is 7. The Morgan fingerprint density at radius 3 is 2.57 bits per heavy atom. The highest BCUT2D eigenvalue weighted by atomic mass is 19.1. The standard InChI is InChI=1S/C45H51F2N9O5/c1-26-7-6-16-61-44-33(22-48-54(44)4)37-20-31(17-27(2)49-37)41(58)52-45-50-36-11-9-30(21-38(36)56(45)23-26)43(60)53(3)24-29-8-5-14-55(25-29)15-13-28-18-34(46)40(35(47)19-28)32-10-12-39(57)51-42(32)59/h9,11,17-22,26,29,32H,5-8,10,12-16,23-25H2,1-4H3,(H,50,52,58)(H,51,57,59)/t26-,29+,32-/m1/s1. The molecule has 0 aliphatic carbocycles. The van der Waals surface area contributed by atoms with Gasteiger partial charge in [0.15, 0.2) is 0 Å². The molecule has 6 heterocycles. The van der Waals surface area contributed by atoms with Crippen LogP contribution in [0.25, 0.3) is 22.3 Å². The predicted octanol–water partition coefficient (Wildman–Crippen LogP) is 6.03. The highest BCUT2D eigenvalue weighted by molar-refractivity contribution is 6.05. The van der Waals surface area contributed by atoms with E-state index in [1.807, 2.05) is 30.7 Å². The maximum Gasteiger partial charge on any atom is 0.258 e. The van der Waals surface area contributed by atoms with Crippen molar-refractivity contribution in [1.82, 2.24) is 39.4 Å². The van der Waals surface area contributed by atoms with E-state index in [1.54, 1.807) is 41.0 Å². The highest BCUT2D eigenvalue weighted by Gasteiger charge is 2.33. The number of ether oxygens (including phenoxy) is 1. The van der Waals surface area contributed by atoms with Crippen LogP contribution in [0.2, 0.25) is 0 Å². The Labute approximate surface area is 352 Å². The molecule has 8 rings (SSSR count). The molecule has 320 valence electrons. The summed E-state index contributed by atoms with van der Waals surface area (Å²) in [5, 5.41) is 9.61. The molecule has 2 saturated heterocycles. The van der Waals surface area contributed by atoms with Crippen LogP contribution in [0, 0.1) is 30.4 Å². The number of aryl methyl sites for hydroxylation is 2. The molecule has 16 heteroatoms. The topological polar surface area (TPSA) is 157 Å². The van der Waals surface area contributed by atoms with Crippen LogP contribution in [0.3, 0.4) is 0 Å². The first kappa shape index (κ1) is 41.7. The average Bonchev–Trinajstić information content (AvgIpc) is 3.76. The summed E-state index contributed by atoms with van der Waals surface area (Å²) in [7, 11) is 3.62. The molecule has 61 heavy (non-hydrogen) atoms. The molecule has 3 atom stereocenters. The van der Waals surface area contributed by atoms with Crippen molar-refractivity contribution in [3.63, 3.8) is 0 Å². The monoisotopic (exact) mass is 835 g/mol. The van der Waals surface area contributed by atoms with Crippen molar-refractivity contribution < 1.29 is 32.7 Å². The molecule has 5 aromatic rings. The maximum atomic E-state index is 15.2. The van der Waals surface area contributed by atoms with Crippen LogP contribution in [-0.2, 0) is 29.6 Å². The van der Waals surface area contributed by atoms with E-state index in [2.05, 4.69) is 32.5 Å². The number of hydrogen-bond donors (Lipinski definition) is 2. The van der Waals surface area contributed by atoms with Crippen molar-refractivity contribution in [3.05, 3.63) is 88.2 Å². The summed E-state index contributed by atoms with van der Waals surface area (Å²) in [6.07, 6.45) is 5.73. The molecule has 2 bridgehead atoms. The summed E-state index contributed by atoms with van der Waals surface area (Å²) in [6.45, 7) is 7.71. The number of imide groups is 1. The van der Waals surface area contributed by atoms with Gasteiger partial charge in [0, 0.05) is 69.1 Å². The second-order valence-corrected chi connectivity index (χ2v) is 16.9. The van der Waals surface area contributed by atoms with E-state index in [4.69, 9.17) is 9.72 Å². The molecule has 0 spiro atoms. The number of piperidine rings is 2. The minimum atomic E-state index is -1.03. The van der Waals surface area contributed by atoms with E-state index < -0.39 is 29.4 Å². The van der Waals surface area contributed by atoms with Gasteiger partial charge in [0.05, 0.1) is 41.0 Å². The molecule has 0 saturated carbocycles. The fourth-order valence-corrected chi connectivity index (χ4v) is 8.99. The van der Waals surface area contributed by atoms with Gasteiger partial charge in [-0.1, -0.05) is 6.92 Å². The maximum absolute atomic E-state index is 15.2. The van der Waals surface area contributed by atoms with Crippen molar-refractivity contribution in [1.29, 1.82) is 0 Å². The quantitative estimate of drug-likeness (QED) is 0.187. The van der Waals surface area contributed by atoms with Gasteiger partial charge in [0.25, 0.3) is 11.8 Å². The lowest BCUT2D eigenvalue weighted by Gasteiger charge is -2.34. The van der Waals surface area contributed by atoms with E-state index in [-0.39, 0.29) is 42.1 Å². The second kappa shape index (κ2) is 17.5. The number of aromatic nitrogens is 5. The lowest BCUT2D eigenvalue weighted by molar-refractivity contribution is -0.134. The molecule has 4 amide bonds. The Morgan fingerprint density at radius 1 is 0.984 bits per heavy atom. The molecule has 3 aliphatic rings. The number of amides is 4. The summed E-state index contributed by atoms with van der Waals surface area (Å²) in [5.41, 5.74) is 4.50. The predicted molar refractivity (Wildman–Crippen MR) is 224 cm³/mol. The van der Waals surface area contributed by atoms with Crippen molar-refractivity contribution in [3.8, 4) is 17.1 Å². The molecule has 2 fully saturated rings. The fraction of sp³-hybridized carbons (Fsp3) is 0.444. The van der Waals surface area contributed by atoms with Crippen LogP contribution >= 0.6 is 0 Å². The van der Waals surface area contributed by atoms with E-state index in [0.29, 0.717) is 83.6 Å². The number of nitrogens with zero attached hydrogens (tertiary/aromatic N) is 7. The Hall–Kier alpha value is -6.03. The zero-order chi connectivity index (χ0) is 42.9. The van der Waals surface area contributed by atoms with E-state index in [1.165, 1.54) is 12.1 Å². The summed E-state index contributed by atoms with van der Waals surface area (Å²) >= 11 is 0. The Kier molecular flexibility index (Phi) is 12.0. The third-order valence-electron chi connectivity index (χ3n) is 12.1. The number of halogens is 2. The number of carbonyl (C=O) groups excluding carboxylic acids is 4. The van der Waals surface area contributed by atoms with Gasteiger partial charge in [0.2, 0.25) is 23.6 Å². The van der Waals surface area contributed by atoms with Crippen molar-refractivity contribution in [2.45, 2.75) is 71.3 Å². The first-order valence-corrected chi connectivity index (χ1v) is 21.1. The Morgan fingerprint density at radius 2 is 1.79 bits per heavy atom. The zero-order valence-corrected chi connectivity index (χ0v) is 35.0. The summed E-state index contributed by atoms with van der Waals surface area (Å²) < 4.78 is 40.2. The van der Waals surface area contributed by atoms with Gasteiger partial charge in [-0.2, -0.15) is 5.10 Å². The van der Waals surface area contributed by atoms with Crippen LogP contribution in [-0.4, -0.2) is 97.6 Å². The summed E-state index contributed by atoms with van der Waals surface area (Å²) in [6, 6.07) is 11.5. The molecule has 2 N–H and O–H groups in total. The zero-order valence-electron chi connectivity index (χ0n) is 35.0.